The Hall–Kier alpha value is -2.67. The first-order valence-corrected chi connectivity index (χ1v) is 10.4. The molecule has 1 aromatic carbocycles. The van der Waals surface area contributed by atoms with Crippen LogP contribution in [0.3, 0.4) is 0 Å². The molecule has 0 spiro atoms. The van der Waals surface area contributed by atoms with Gasteiger partial charge in [-0.1, -0.05) is 13.0 Å². The summed E-state index contributed by atoms with van der Waals surface area (Å²) < 4.78 is 5.10. The molecule has 1 aliphatic heterocycles. The number of piperidine rings is 1. The summed E-state index contributed by atoms with van der Waals surface area (Å²) in [6.07, 6.45) is 3.22. The topological polar surface area (TPSA) is 75.7 Å². The van der Waals surface area contributed by atoms with Crippen molar-refractivity contribution in [1.82, 2.24) is 4.90 Å². The van der Waals surface area contributed by atoms with Crippen molar-refractivity contribution in [3.05, 3.63) is 52.2 Å². The van der Waals surface area contributed by atoms with Crippen LogP contribution in [0.25, 0.3) is 0 Å². The van der Waals surface area contributed by atoms with Gasteiger partial charge < -0.3 is 15.0 Å². The first kappa shape index (κ1) is 20.1. The van der Waals surface area contributed by atoms with Crippen LogP contribution in [0.5, 0.6) is 0 Å². The first-order valence-electron chi connectivity index (χ1n) is 9.52. The van der Waals surface area contributed by atoms with E-state index in [4.69, 9.17) is 4.74 Å². The van der Waals surface area contributed by atoms with Crippen LogP contribution in [-0.4, -0.2) is 41.9 Å². The quantitative estimate of drug-likeness (QED) is 0.745. The van der Waals surface area contributed by atoms with Crippen molar-refractivity contribution < 1.29 is 19.1 Å². The summed E-state index contributed by atoms with van der Waals surface area (Å²) in [5.74, 6) is -0.672. The average molecular weight is 400 g/mol. The van der Waals surface area contributed by atoms with Crippen molar-refractivity contribution in [3.8, 4) is 0 Å². The van der Waals surface area contributed by atoms with Crippen LogP contribution in [0.15, 0.2) is 41.8 Å². The van der Waals surface area contributed by atoms with E-state index in [9.17, 15) is 14.4 Å². The summed E-state index contributed by atoms with van der Waals surface area (Å²) in [6, 6.07) is 9.74. The molecule has 28 heavy (non-hydrogen) atoms. The number of hydrogen-bond donors (Lipinski definition) is 1. The van der Waals surface area contributed by atoms with E-state index in [0.29, 0.717) is 35.7 Å². The SMILES string of the molecule is CCCOC(=O)c1ccc(NC(=O)C2CCCCN2C(=O)c2cccs2)cc1. The Morgan fingerprint density at radius 3 is 2.64 bits per heavy atom. The highest BCUT2D eigenvalue weighted by molar-refractivity contribution is 7.12. The zero-order chi connectivity index (χ0) is 19.9. The molecular formula is C21H24N2O4S. The molecule has 2 amide bonds. The van der Waals surface area contributed by atoms with Crippen LogP contribution >= 0.6 is 11.3 Å². The molecule has 0 saturated carbocycles. The fourth-order valence-corrected chi connectivity index (χ4v) is 3.86. The predicted molar refractivity (Wildman–Crippen MR) is 109 cm³/mol. The molecule has 0 aliphatic carbocycles. The maximum absolute atomic E-state index is 12.8. The van der Waals surface area contributed by atoms with Crippen LogP contribution in [0.4, 0.5) is 5.69 Å². The number of anilines is 1. The standard InChI is InChI=1S/C21H24N2O4S/c1-2-13-27-21(26)15-8-10-16(11-9-15)22-19(24)17-6-3-4-12-23(17)20(25)18-7-5-14-28-18/h5,7-11,14,17H,2-4,6,12-13H2,1H3,(H,22,24). The van der Waals surface area contributed by atoms with Crippen molar-refractivity contribution >= 4 is 34.8 Å². The first-order chi connectivity index (χ1) is 13.6. The molecule has 1 aromatic heterocycles. The summed E-state index contributed by atoms with van der Waals surface area (Å²) >= 11 is 1.39. The monoisotopic (exact) mass is 400 g/mol. The average Bonchev–Trinajstić information content (AvgIpc) is 3.27. The molecule has 2 heterocycles. The lowest BCUT2D eigenvalue weighted by Gasteiger charge is -2.34. The number of ether oxygens (including phenoxy) is 1. The summed E-state index contributed by atoms with van der Waals surface area (Å²) in [4.78, 5) is 39.7. The molecule has 2 aromatic rings. The van der Waals surface area contributed by atoms with Gasteiger partial charge in [-0.3, -0.25) is 9.59 Å². The largest absolute Gasteiger partial charge is 0.462 e. The number of carbonyl (C=O) groups is 3. The zero-order valence-corrected chi connectivity index (χ0v) is 16.7. The molecular weight excluding hydrogens is 376 g/mol. The number of benzene rings is 1. The van der Waals surface area contributed by atoms with Crippen LogP contribution < -0.4 is 5.32 Å². The van der Waals surface area contributed by atoms with Gasteiger partial charge in [0, 0.05) is 12.2 Å². The minimum atomic E-state index is -0.488. The Labute approximate surface area is 168 Å². The molecule has 1 unspecified atom stereocenters. The third-order valence-electron chi connectivity index (χ3n) is 4.62. The number of likely N-dealkylation sites (tertiary alicyclic amines) is 1. The van der Waals surface area contributed by atoms with Crippen LogP contribution in [0.2, 0.25) is 0 Å². The van der Waals surface area contributed by atoms with Crippen molar-refractivity contribution in [2.45, 2.75) is 38.6 Å². The molecule has 6 nitrogen and oxygen atoms in total. The molecule has 0 radical (unpaired) electrons. The van der Waals surface area contributed by atoms with E-state index in [1.165, 1.54) is 11.3 Å². The Morgan fingerprint density at radius 1 is 1.18 bits per heavy atom. The van der Waals surface area contributed by atoms with Gasteiger partial charge in [-0.25, -0.2) is 4.79 Å². The van der Waals surface area contributed by atoms with Crippen molar-refractivity contribution in [1.29, 1.82) is 0 Å². The smallest absolute Gasteiger partial charge is 0.338 e. The number of nitrogens with one attached hydrogen (secondary N) is 1. The third kappa shape index (κ3) is 4.78. The highest BCUT2D eigenvalue weighted by atomic mass is 32.1. The van der Waals surface area contributed by atoms with E-state index in [-0.39, 0.29) is 17.8 Å². The minimum absolute atomic E-state index is 0.0936. The number of nitrogens with zero attached hydrogens (tertiary/aromatic N) is 1. The minimum Gasteiger partial charge on any atom is -0.462 e. The number of esters is 1. The van der Waals surface area contributed by atoms with Crippen molar-refractivity contribution in [2.24, 2.45) is 0 Å². The Bertz CT molecular complexity index is 817. The highest BCUT2D eigenvalue weighted by Crippen LogP contribution is 2.23. The zero-order valence-electron chi connectivity index (χ0n) is 15.8. The number of carbonyl (C=O) groups excluding carboxylic acids is 3. The van der Waals surface area contributed by atoms with E-state index >= 15 is 0 Å². The molecule has 7 heteroatoms. The normalized spacial score (nSPS) is 16.5. The van der Waals surface area contributed by atoms with Gasteiger partial charge in [0.2, 0.25) is 5.91 Å². The molecule has 0 bridgehead atoms. The predicted octanol–water partition coefficient (Wildman–Crippen LogP) is 3.95. The van der Waals surface area contributed by atoms with Crippen LogP contribution in [-0.2, 0) is 9.53 Å². The molecule has 1 fully saturated rings. The van der Waals surface area contributed by atoms with E-state index in [1.807, 2.05) is 18.4 Å². The van der Waals surface area contributed by atoms with Gasteiger partial charge in [-0.05, 0) is 61.4 Å². The number of hydrogen-bond acceptors (Lipinski definition) is 5. The number of thiophene rings is 1. The number of rotatable bonds is 6. The maximum atomic E-state index is 12.8. The van der Waals surface area contributed by atoms with Gasteiger partial charge in [-0.2, -0.15) is 0 Å². The summed E-state index contributed by atoms with van der Waals surface area (Å²) in [5.41, 5.74) is 1.03. The van der Waals surface area contributed by atoms with Crippen molar-refractivity contribution in [3.63, 3.8) is 0 Å². The van der Waals surface area contributed by atoms with E-state index < -0.39 is 6.04 Å². The van der Waals surface area contributed by atoms with Gasteiger partial charge >= 0.3 is 5.97 Å². The Kier molecular flexibility index (Phi) is 6.81. The Morgan fingerprint density at radius 2 is 1.96 bits per heavy atom. The highest BCUT2D eigenvalue weighted by Gasteiger charge is 2.33. The lowest BCUT2D eigenvalue weighted by Crippen LogP contribution is -2.49. The van der Waals surface area contributed by atoms with Gasteiger partial charge in [0.05, 0.1) is 17.0 Å². The summed E-state index contributed by atoms with van der Waals surface area (Å²) in [6.45, 7) is 2.90. The Balaban J connectivity index is 1.65. The van der Waals surface area contributed by atoms with Gasteiger partial charge in [0.25, 0.3) is 5.91 Å². The lowest BCUT2D eigenvalue weighted by molar-refractivity contribution is -0.121. The molecule has 3 rings (SSSR count). The van der Waals surface area contributed by atoms with Crippen LogP contribution in [0.1, 0.15) is 52.6 Å². The number of amides is 2. The fraction of sp³-hybridized carbons (Fsp3) is 0.381. The molecule has 148 valence electrons. The molecule has 1 atom stereocenters. The fourth-order valence-electron chi connectivity index (χ4n) is 3.18. The molecule has 1 saturated heterocycles. The third-order valence-corrected chi connectivity index (χ3v) is 5.48. The van der Waals surface area contributed by atoms with E-state index in [1.54, 1.807) is 35.2 Å². The van der Waals surface area contributed by atoms with Gasteiger partial charge in [-0.15, -0.1) is 11.3 Å². The molecule has 1 N–H and O–H groups in total. The summed E-state index contributed by atoms with van der Waals surface area (Å²) in [7, 11) is 0. The van der Waals surface area contributed by atoms with E-state index in [0.717, 1.165) is 19.3 Å². The maximum Gasteiger partial charge on any atom is 0.338 e. The second-order valence-electron chi connectivity index (χ2n) is 6.69. The van der Waals surface area contributed by atoms with Gasteiger partial charge in [0.1, 0.15) is 6.04 Å². The summed E-state index contributed by atoms with van der Waals surface area (Å²) in [5, 5.41) is 4.73. The molecule has 1 aliphatic rings. The lowest BCUT2D eigenvalue weighted by atomic mass is 10.0. The van der Waals surface area contributed by atoms with Crippen LogP contribution in [0, 0.1) is 0 Å². The van der Waals surface area contributed by atoms with Crippen molar-refractivity contribution in [2.75, 3.05) is 18.5 Å². The second-order valence-corrected chi connectivity index (χ2v) is 7.64. The van der Waals surface area contributed by atoms with E-state index in [2.05, 4.69) is 5.32 Å². The van der Waals surface area contributed by atoms with Gasteiger partial charge in [0.15, 0.2) is 0 Å². The second kappa shape index (κ2) is 9.50.